The van der Waals surface area contributed by atoms with Gasteiger partial charge in [-0.05, 0) is 32.4 Å². The molecule has 0 fully saturated rings. The summed E-state index contributed by atoms with van der Waals surface area (Å²) in [6, 6.07) is 2.26. The van der Waals surface area contributed by atoms with Crippen molar-refractivity contribution >= 4 is 0 Å². The highest BCUT2D eigenvalue weighted by molar-refractivity contribution is 4.86. The van der Waals surface area contributed by atoms with Crippen molar-refractivity contribution in [2.45, 2.75) is 40.2 Å². The minimum atomic E-state index is 0.0346. The van der Waals surface area contributed by atoms with Crippen molar-refractivity contribution in [3.05, 3.63) is 0 Å². The van der Waals surface area contributed by atoms with E-state index in [1.54, 1.807) is 0 Å². The van der Waals surface area contributed by atoms with E-state index in [1.807, 2.05) is 14.0 Å². The van der Waals surface area contributed by atoms with E-state index in [0.717, 1.165) is 13.0 Å². The number of hydrogen-bond acceptors (Lipinski definition) is 2. The molecule has 0 saturated heterocycles. The molecule has 70 valence electrons. The Morgan fingerprint density at radius 3 is 2.25 bits per heavy atom. The topological polar surface area (TPSA) is 27.0 Å². The molecule has 0 amide bonds. The van der Waals surface area contributed by atoms with E-state index >= 15 is 0 Å². The van der Waals surface area contributed by atoms with Crippen LogP contribution in [0.3, 0.4) is 0 Å². The average Bonchev–Trinajstić information content (AvgIpc) is 1.97. The Kier molecular flexibility index (Phi) is 4.26. The Morgan fingerprint density at radius 2 is 1.92 bits per heavy atom. The summed E-state index contributed by atoms with van der Waals surface area (Å²) < 4.78 is 0. The second-order valence-corrected chi connectivity index (χ2v) is 4.60. The molecule has 0 aromatic heterocycles. The number of rotatable bonds is 3. The van der Waals surface area contributed by atoms with Crippen LogP contribution < -0.4 is 0 Å². The molecular formula is C10H20N2. The summed E-state index contributed by atoms with van der Waals surface area (Å²) in [5, 5.41) is 8.64. The van der Waals surface area contributed by atoms with Gasteiger partial charge in [0.2, 0.25) is 0 Å². The van der Waals surface area contributed by atoms with Crippen molar-refractivity contribution in [3.63, 3.8) is 0 Å². The van der Waals surface area contributed by atoms with Crippen molar-refractivity contribution in [1.29, 1.82) is 5.26 Å². The summed E-state index contributed by atoms with van der Waals surface area (Å²) in [5.41, 5.74) is 0.365. The van der Waals surface area contributed by atoms with Gasteiger partial charge < -0.3 is 0 Å². The highest BCUT2D eigenvalue weighted by Crippen LogP contribution is 2.18. The lowest BCUT2D eigenvalue weighted by Crippen LogP contribution is -2.30. The van der Waals surface area contributed by atoms with Gasteiger partial charge in [0.15, 0.2) is 0 Å². The summed E-state index contributed by atoms with van der Waals surface area (Å²) in [6.45, 7) is 9.59. The van der Waals surface area contributed by atoms with Crippen LogP contribution in [0, 0.1) is 16.7 Å². The van der Waals surface area contributed by atoms with Gasteiger partial charge in [0.05, 0.1) is 12.1 Å². The van der Waals surface area contributed by atoms with Gasteiger partial charge in [-0.1, -0.05) is 20.8 Å². The Morgan fingerprint density at radius 1 is 1.42 bits per heavy atom. The fraction of sp³-hybridized carbons (Fsp3) is 0.900. The molecule has 2 heteroatoms. The number of nitriles is 1. The largest absolute Gasteiger partial charge is 0.291 e. The molecule has 0 aliphatic rings. The smallest absolute Gasteiger partial charge is 0.0946 e. The van der Waals surface area contributed by atoms with E-state index in [9.17, 15) is 0 Å². The third-order valence-corrected chi connectivity index (χ3v) is 2.06. The average molecular weight is 168 g/mol. The van der Waals surface area contributed by atoms with Gasteiger partial charge in [0.1, 0.15) is 0 Å². The van der Waals surface area contributed by atoms with Crippen LogP contribution in [0.25, 0.3) is 0 Å². The third kappa shape index (κ3) is 5.15. The maximum absolute atomic E-state index is 8.64. The minimum absolute atomic E-state index is 0.0346. The molecule has 0 aliphatic carbocycles. The predicted molar refractivity (Wildman–Crippen MR) is 51.8 cm³/mol. The van der Waals surface area contributed by atoms with Crippen molar-refractivity contribution in [2.75, 3.05) is 13.6 Å². The lowest BCUT2D eigenvalue weighted by Gasteiger charge is -2.24. The van der Waals surface area contributed by atoms with Crippen LogP contribution in [-0.4, -0.2) is 24.5 Å². The molecule has 0 aliphatic heterocycles. The molecule has 0 aromatic carbocycles. The second kappa shape index (κ2) is 4.47. The maximum Gasteiger partial charge on any atom is 0.0946 e. The highest BCUT2D eigenvalue weighted by Gasteiger charge is 2.13. The van der Waals surface area contributed by atoms with Gasteiger partial charge in [-0.15, -0.1) is 0 Å². The van der Waals surface area contributed by atoms with Crippen LogP contribution in [-0.2, 0) is 0 Å². The molecule has 0 N–H and O–H groups in total. The van der Waals surface area contributed by atoms with Gasteiger partial charge >= 0.3 is 0 Å². The molecule has 1 atom stereocenters. The molecular weight excluding hydrogens is 148 g/mol. The zero-order valence-corrected chi connectivity index (χ0v) is 8.89. The van der Waals surface area contributed by atoms with Gasteiger partial charge in [-0.25, -0.2) is 0 Å². The zero-order chi connectivity index (χ0) is 9.78. The summed E-state index contributed by atoms with van der Waals surface area (Å²) in [6.07, 6.45) is 1.13. The molecule has 0 spiro atoms. The first-order valence-corrected chi connectivity index (χ1v) is 4.46. The molecule has 1 unspecified atom stereocenters. The van der Waals surface area contributed by atoms with Gasteiger partial charge in [-0.2, -0.15) is 5.26 Å². The van der Waals surface area contributed by atoms with E-state index in [1.165, 1.54) is 0 Å². The zero-order valence-electron chi connectivity index (χ0n) is 8.89. The molecule has 2 nitrogen and oxygen atoms in total. The lowest BCUT2D eigenvalue weighted by molar-refractivity contribution is 0.245. The second-order valence-electron chi connectivity index (χ2n) is 4.60. The van der Waals surface area contributed by atoms with E-state index in [0.29, 0.717) is 5.41 Å². The molecule has 0 radical (unpaired) electrons. The van der Waals surface area contributed by atoms with E-state index in [2.05, 4.69) is 31.7 Å². The first-order valence-electron chi connectivity index (χ1n) is 4.46. The number of hydrogen-bond donors (Lipinski definition) is 0. The van der Waals surface area contributed by atoms with E-state index in [-0.39, 0.29) is 6.04 Å². The fourth-order valence-electron chi connectivity index (χ4n) is 0.804. The van der Waals surface area contributed by atoms with Crippen LogP contribution in [0.15, 0.2) is 0 Å². The van der Waals surface area contributed by atoms with Crippen molar-refractivity contribution < 1.29 is 0 Å². The van der Waals surface area contributed by atoms with E-state index in [4.69, 9.17) is 5.26 Å². The molecule has 0 rings (SSSR count). The monoisotopic (exact) mass is 168 g/mol. The Hall–Kier alpha value is -0.550. The SMILES string of the molecule is CC(C#N)N(C)CCC(C)(C)C. The Bertz CT molecular complexity index is 162. The first kappa shape index (κ1) is 11.4. The molecule has 0 saturated carbocycles. The standard InChI is InChI=1S/C10H20N2/c1-9(8-11)12(5)7-6-10(2,3)4/h9H,6-7H2,1-5H3. The summed E-state index contributed by atoms with van der Waals surface area (Å²) in [7, 11) is 2.00. The minimum Gasteiger partial charge on any atom is -0.291 e. The highest BCUT2D eigenvalue weighted by atomic mass is 15.1. The normalized spacial score (nSPS) is 14.4. The van der Waals surface area contributed by atoms with Gasteiger partial charge in [0.25, 0.3) is 0 Å². The molecule has 0 heterocycles. The molecule has 0 aromatic rings. The molecule has 0 bridgehead atoms. The van der Waals surface area contributed by atoms with Crippen LogP contribution >= 0.6 is 0 Å². The first-order chi connectivity index (χ1) is 5.37. The van der Waals surface area contributed by atoms with Crippen molar-refractivity contribution in [1.82, 2.24) is 4.90 Å². The predicted octanol–water partition coefficient (Wildman–Crippen LogP) is 2.27. The summed E-state index contributed by atoms with van der Waals surface area (Å²) >= 11 is 0. The van der Waals surface area contributed by atoms with Crippen LogP contribution in [0.5, 0.6) is 0 Å². The lowest BCUT2D eigenvalue weighted by atomic mass is 9.92. The van der Waals surface area contributed by atoms with E-state index < -0.39 is 0 Å². The quantitative estimate of drug-likeness (QED) is 0.646. The van der Waals surface area contributed by atoms with Crippen LogP contribution in [0.1, 0.15) is 34.1 Å². The Balaban J connectivity index is 3.73. The van der Waals surface area contributed by atoms with Gasteiger partial charge in [0, 0.05) is 0 Å². The summed E-state index contributed by atoms with van der Waals surface area (Å²) in [5.74, 6) is 0. The molecule has 12 heavy (non-hydrogen) atoms. The van der Waals surface area contributed by atoms with Crippen molar-refractivity contribution in [2.24, 2.45) is 5.41 Å². The van der Waals surface area contributed by atoms with Crippen LogP contribution in [0.4, 0.5) is 0 Å². The van der Waals surface area contributed by atoms with Crippen molar-refractivity contribution in [3.8, 4) is 6.07 Å². The third-order valence-electron chi connectivity index (χ3n) is 2.06. The fourth-order valence-corrected chi connectivity index (χ4v) is 0.804. The number of nitrogens with zero attached hydrogens (tertiary/aromatic N) is 2. The van der Waals surface area contributed by atoms with Crippen LogP contribution in [0.2, 0.25) is 0 Å². The summed E-state index contributed by atoms with van der Waals surface area (Å²) in [4.78, 5) is 2.09. The maximum atomic E-state index is 8.64. The van der Waals surface area contributed by atoms with Gasteiger partial charge in [-0.3, -0.25) is 4.90 Å². The Labute approximate surface area is 76.2 Å².